The Balaban J connectivity index is 2.16. The molecule has 0 aliphatic carbocycles. The van der Waals surface area contributed by atoms with Crippen LogP contribution in [0.3, 0.4) is 0 Å². The van der Waals surface area contributed by atoms with Crippen molar-refractivity contribution in [3.63, 3.8) is 0 Å². The molecular weight excluding hydrogens is 341 g/mol. The van der Waals surface area contributed by atoms with Gasteiger partial charge in [0.25, 0.3) is 0 Å². The summed E-state index contributed by atoms with van der Waals surface area (Å²) in [5.74, 6) is 2.52. The van der Waals surface area contributed by atoms with E-state index < -0.39 is 0 Å². The molecule has 5 heteroatoms. The van der Waals surface area contributed by atoms with E-state index in [1.54, 1.807) is 0 Å². The van der Waals surface area contributed by atoms with Gasteiger partial charge in [0.1, 0.15) is 0 Å². The van der Waals surface area contributed by atoms with Crippen LogP contribution >= 0.6 is 46.7 Å². The molecular formula is C16H23Cl2NS2. The van der Waals surface area contributed by atoms with E-state index in [0.717, 1.165) is 23.8 Å². The van der Waals surface area contributed by atoms with Gasteiger partial charge in [0.2, 0.25) is 0 Å². The highest BCUT2D eigenvalue weighted by molar-refractivity contribution is 8.07. The number of thioether (sulfide) groups is 2. The van der Waals surface area contributed by atoms with Crippen LogP contribution in [-0.4, -0.2) is 34.6 Å². The molecule has 0 radical (unpaired) electrons. The van der Waals surface area contributed by atoms with Gasteiger partial charge in [-0.25, -0.2) is 0 Å². The second-order valence-electron chi connectivity index (χ2n) is 5.23. The van der Waals surface area contributed by atoms with Crippen molar-refractivity contribution in [1.82, 2.24) is 5.32 Å². The third-order valence-electron chi connectivity index (χ3n) is 3.83. The molecule has 0 aromatic heterocycles. The molecule has 3 atom stereocenters. The molecule has 1 N–H and O–H groups in total. The summed E-state index contributed by atoms with van der Waals surface area (Å²) in [5, 5.41) is 6.41. The van der Waals surface area contributed by atoms with Gasteiger partial charge in [0.15, 0.2) is 0 Å². The zero-order valence-electron chi connectivity index (χ0n) is 12.6. The quantitative estimate of drug-likeness (QED) is 0.751. The Hall–Kier alpha value is 0.460. The van der Waals surface area contributed by atoms with Crippen molar-refractivity contribution in [2.24, 2.45) is 0 Å². The van der Waals surface area contributed by atoms with E-state index in [1.165, 1.54) is 17.9 Å². The highest BCUT2D eigenvalue weighted by Crippen LogP contribution is 2.37. The van der Waals surface area contributed by atoms with E-state index in [2.05, 4.69) is 48.8 Å². The minimum atomic E-state index is 0.453. The second-order valence-corrected chi connectivity index (χ2v) is 8.65. The van der Waals surface area contributed by atoms with Crippen LogP contribution in [0.1, 0.15) is 25.8 Å². The molecule has 2 rings (SSSR count). The summed E-state index contributed by atoms with van der Waals surface area (Å²) < 4.78 is 0. The minimum Gasteiger partial charge on any atom is -0.313 e. The zero-order valence-corrected chi connectivity index (χ0v) is 15.7. The molecule has 1 nitrogen and oxygen atoms in total. The molecule has 1 saturated heterocycles. The standard InChI is InChI=1S/C16H23Cl2NS2/c1-3-14-16(21-9-8-20-14)13(19-4-2)10-11-6-5-7-12(17)15(11)18/h5-7,13-14,16,19H,3-4,8-10H2,1-2H3. The molecule has 1 fully saturated rings. The number of rotatable bonds is 6. The lowest BCUT2D eigenvalue weighted by atomic mass is 10.00. The summed E-state index contributed by atoms with van der Waals surface area (Å²) >= 11 is 16.8. The molecule has 1 aromatic carbocycles. The first-order valence-electron chi connectivity index (χ1n) is 7.56. The summed E-state index contributed by atoms with van der Waals surface area (Å²) in [5.41, 5.74) is 1.15. The number of hydrogen-bond donors (Lipinski definition) is 1. The molecule has 21 heavy (non-hydrogen) atoms. The minimum absolute atomic E-state index is 0.453. The van der Waals surface area contributed by atoms with Crippen LogP contribution in [0.5, 0.6) is 0 Å². The first-order valence-corrected chi connectivity index (χ1v) is 10.4. The number of hydrogen-bond acceptors (Lipinski definition) is 3. The van der Waals surface area contributed by atoms with Crippen LogP contribution in [0, 0.1) is 0 Å². The third-order valence-corrected chi connectivity index (χ3v) is 8.09. The number of benzene rings is 1. The van der Waals surface area contributed by atoms with E-state index in [1.807, 2.05) is 12.1 Å². The van der Waals surface area contributed by atoms with Crippen molar-refractivity contribution >= 4 is 46.7 Å². The van der Waals surface area contributed by atoms with Gasteiger partial charge in [-0.15, -0.1) is 0 Å². The molecule has 1 aromatic rings. The highest BCUT2D eigenvalue weighted by Gasteiger charge is 2.32. The molecule has 1 aliphatic heterocycles. The summed E-state index contributed by atoms with van der Waals surface area (Å²) in [7, 11) is 0. The normalized spacial score (nSPS) is 24.0. The van der Waals surface area contributed by atoms with Crippen LogP contribution in [0.25, 0.3) is 0 Å². The summed E-state index contributed by atoms with van der Waals surface area (Å²) in [6.45, 7) is 5.46. The molecule has 0 saturated carbocycles. The SMILES string of the molecule is CCNC(Cc1cccc(Cl)c1Cl)C1SCCSC1CC. The number of halogens is 2. The van der Waals surface area contributed by atoms with Gasteiger partial charge >= 0.3 is 0 Å². The van der Waals surface area contributed by atoms with Gasteiger partial charge in [-0.05, 0) is 31.0 Å². The fraction of sp³-hybridized carbons (Fsp3) is 0.625. The van der Waals surface area contributed by atoms with Crippen molar-refractivity contribution in [2.75, 3.05) is 18.1 Å². The Kier molecular flexibility index (Phi) is 7.57. The number of likely N-dealkylation sites (N-methyl/N-ethyl adjacent to an activating group) is 1. The Bertz CT molecular complexity index is 456. The van der Waals surface area contributed by atoms with E-state index in [4.69, 9.17) is 23.2 Å². The fourth-order valence-corrected chi connectivity index (χ4v) is 6.48. The van der Waals surface area contributed by atoms with E-state index in [9.17, 15) is 0 Å². The van der Waals surface area contributed by atoms with Gasteiger partial charge in [-0.1, -0.05) is 49.2 Å². The summed E-state index contributed by atoms with van der Waals surface area (Å²) in [4.78, 5) is 0. The summed E-state index contributed by atoms with van der Waals surface area (Å²) in [6.07, 6.45) is 2.18. The molecule has 0 amide bonds. The molecule has 1 aliphatic rings. The molecule has 3 unspecified atom stereocenters. The maximum atomic E-state index is 6.37. The van der Waals surface area contributed by atoms with Crippen molar-refractivity contribution in [3.8, 4) is 0 Å². The van der Waals surface area contributed by atoms with E-state index in [-0.39, 0.29) is 0 Å². The van der Waals surface area contributed by atoms with E-state index in [0.29, 0.717) is 21.3 Å². The Morgan fingerprint density at radius 1 is 1.24 bits per heavy atom. The molecule has 0 spiro atoms. The lowest BCUT2D eigenvalue weighted by molar-refractivity contribution is 0.490. The largest absolute Gasteiger partial charge is 0.313 e. The van der Waals surface area contributed by atoms with Crippen molar-refractivity contribution in [1.29, 1.82) is 0 Å². The van der Waals surface area contributed by atoms with Crippen LogP contribution in [0.15, 0.2) is 18.2 Å². The lowest BCUT2D eigenvalue weighted by Gasteiger charge is -2.36. The van der Waals surface area contributed by atoms with Crippen LogP contribution in [0.2, 0.25) is 10.0 Å². The summed E-state index contributed by atoms with van der Waals surface area (Å²) in [6, 6.07) is 6.40. The van der Waals surface area contributed by atoms with Crippen molar-refractivity contribution in [3.05, 3.63) is 33.8 Å². The average Bonchev–Trinajstić information content (AvgIpc) is 2.51. The van der Waals surface area contributed by atoms with Crippen LogP contribution < -0.4 is 5.32 Å². The predicted octanol–water partition coefficient (Wildman–Crippen LogP) is 5.14. The Morgan fingerprint density at radius 3 is 2.71 bits per heavy atom. The predicted molar refractivity (Wildman–Crippen MR) is 100 cm³/mol. The third kappa shape index (κ3) is 4.71. The molecule has 118 valence electrons. The maximum absolute atomic E-state index is 6.37. The Morgan fingerprint density at radius 2 is 2.00 bits per heavy atom. The van der Waals surface area contributed by atoms with E-state index >= 15 is 0 Å². The first kappa shape index (κ1) is 17.8. The number of nitrogens with one attached hydrogen (secondary N) is 1. The lowest BCUT2D eigenvalue weighted by Crippen LogP contribution is -2.46. The average molecular weight is 364 g/mol. The van der Waals surface area contributed by atoms with Gasteiger partial charge in [0.05, 0.1) is 10.0 Å². The first-order chi connectivity index (χ1) is 10.2. The van der Waals surface area contributed by atoms with Gasteiger partial charge in [-0.3, -0.25) is 0 Å². The van der Waals surface area contributed by atoms with Crippen molar-refractivity contribution < 1.29 is 0 Å². The smallest absolute Gasteiger partial charge is 0.0624 e. The highest BCUT2D eigenvalue weighted by atomic mass is 35.5. The van der Waals surface area contributed by atoms with Gasteiger partial charge in [-0.2, -0.15) is 23.5 Å². The molecule has 0 bridgehead atoms. The van der Waals surface area contributed by atoms with Crippen molar-refractivity contribution in [2.45, 2.75) is 43.2 Å². The topological polar surface area (TPSA) is 12.0 Å². The van der Waals surface area contributed by atoms with Gasteiger partial charge in [0, 0.05) is 28.0 Å². The van der Waals surface area contributed by atoms with Gasteiger partial charge < -0.3 is 5.32 Å². The van der Waals surface area contributed by atoms with Crippen LogP contribution in [0.4, 0.5) is 0 Å². The Labute approximate surface area is 146 Å². The maximum Gasteiger partial charge on any atom is 0.0624 e. The zero-order chi connectivity index (χ0) is 15.2. The second kappa shape index (κ2) is 8.93. The monoisotopic (exact) mass is 363 g/mol. The molecule has 1 heterocycles. The van der Waals surface area contributed by atoms with Crippen LogP contribution in [-0.2, 0) is 6.42 Å². The fourth-order valence-electron chi connectivity index (χ4n) is 2.82.